The van der Waals surface area contributed by atoms with Gasteiger partial charge in [-0.05, 0) is 12.3 Å². The zero-order valence-electron chi connectivity index (χ0n) is 6.83. The fourth-order valence-corrected chi connectivity index (χ4v) is 1.16. The summed E-state index contributed by atoms with van der Waals surface area (Å²) < 4.78 is 0. The topological polar surface area (TPSA) is 14.1 Å². The zero-order valence-corrected chi connectivity index (χ0v) is 6.83. The Hall–Kier alpha value is -0.643. The molecule has 2 rings (SSSR count). The molecule has 0 N–H and O–H groups in total. The molecule has 1 heterocycles. The fraction of sp³-hybridized carbons (Fsp3) is 0.111. The summed E-state index contributed by atoms with van der Waals surface area (Å²) in [5.74, 6) is 0. The summed E-state index contributed by atoms with van der Waals surface area (Å²) in [4.78, 5) is 4.22. The minimum Gasteiger partial charge on any atom is -0.663 e. The first kappa shape index (κ1) is 8.45. The van der Waals surface area contributed by atoms with Gasteiger partial charge < -0.3 is 4.98 Å². The second-order valence-electron chi connectivity index (χ2n) is 2.46. The van der Waals surface area contributed by atoms with E-state index in [1.165, 1.54) is 10.9 Å². The molecule has 0 aliphatic rings. The summed E-state index contributed by atoms with van der Waals surface area (Å²) in [6, 6.07) is 8.17. The molecule has 0 aliphatic carbocycles. The first-order chi connectivity index (χ1) is 4.88. The number of aryl methyl sites for hydroxylation is 1. The van der Waals surface area contributed by atoms with Crippen molar-refractivity contribution >= 4 is 10.9 Å². The Morgan fingerprint density at radius 2 is 1.91 bits per heavy atom. The van der Waals surface area contributed by atoms with Crippen LogP contribution in [-0.4, -0.2) is 0 Å². The van der Waals surface area contributed by atoms with Crippen molar-refractivity contribution in [2.75, 3.05) is 0 Å². The Kier molecular flexibility index (Phi) is 2.44. The molecule has 2 heteroatoms. The van der Waals surface area contributed by atoms with Crippen LogP contribution in [0.2, 0.25) is 0 Å². The molecule has 0 radical (unpaired) electrons. The van der Waals surface area contributed by atoms with Crippen molar-refractivity contribution in [1.29, 1.82) is 0 Å². The molecule has 50 valence electrons. The van der Waals surface area contributed by atoms with Gasteiger partial charge in [-0.1, -0.05) is 29.8 Å². The predicted molar refractivity (Wildman–Crippen MR) is 42.0 cm³/mol. The number of hydrogen-bond acceptors (Lipinski definition) is 0. The Balaban J connectivity index is 0.000000605. The van der Waals surface area contributed by atoms with Crippen molar-refractivity contribution in [3.8, 4) is 0 Å². The molecule has 1 aromatic heterocycles. The molecule has 0 spiro atoms. The third kappa shape index (κ3) is 1.35. The van der Waals surface area contributed by atoms with Gasteiger partial charge in [0.15, 0.2) is 0 Å². The molecule has 0 unspecified atom stereocenters. The van der Waals surface area contributed by atoms with Crippen LogP contribution in [0.1, 0.15) is 5.56 Å². The molecule has 2 aromatic rings. The average Bonchev–Trinajstić information content (AvgIpc) is 2.34. The number of para-hydroxylation sites is 1. The van der Waals surface area contributed by atoms with Gasteiger partial charge in [-0.15, -0.1) is 5.52 Å². The van der Waals surface area contributed by atoms with Gasteiger partial charge in [0.05, 0.1) is 0 Å². The molecule has 11 heavy (non-hydrogen) atoms. The second-order valence-corrected chi connectivity index (χ2v) is 2.46. The molecule has 0 bridgehead atoms. The van der Waals surface area contributed by atoms with E-state index in [1.54, 1.807) is 0 Å². The number of fused-ring (bicyclic) bond motifs is 1. The van der Waals surface area contributed by atoms with Gasteiger partial charge in [-0.2, -0.15) is 6.20 Å². The summed E-state index contributed by atoms with van der Waals surface area (Å²) in [7, 11) is 0. The van der Waals surface area contributed by atoms with Gasteiger partial charge in [-0.25, -0.2) is 0 Å². The standard InChI is InChI=1S/C9H8N.Li/c1-7-6-10-9-5-3-2-4-8(7)9;/h2-6H,1H3;/q-1;+1. The smallest absolute Gasteiger partial charge is 0.663 e. The van der Waals surface area contributed by atoms with Gasteiger partial charge >= 0.3 is 18.9 Å². The molecule has 0 atom stereocenters. The van der Waals surface area contributed by atoms with Gasteiger partial charge in [0.25, 0.3) is 0 Å². The van der Waals surface area contributed by atoms with Gasteiger partial charge in [0, 0.05) is 0 Å². The minimum absolute atomic E-state index is 0. The molecule has 1 nitrogen and oxygen atoms in total. The van der Waals surface area contributed by atoms with Gasteiger partial charge in [-0.3, -0.25) is 0 Å². The maximum absolute atomic E-state index is 4.22. The van der Waals surface area contributed by atoms with E-state index < -0.39 is 0 Å². The minimum atomic E-state index is 0. The molecule has 0 saturated carbocycles. The average molecular weight is 137 g/mol. The van der Waals surface area contributed by atoms with Crippen LogP contribution >= 0.6 is 0 Å². The Labute approximate surface area is 78.0 Å². The molecule has 0 amide bonds. The number of hydrogen-bond donors (Lipinski definition) is 0. The Morgan fingerprint density at radius 1 is 1.18 bits per heavy atom. The van der Waals surface area contributed by atoms with E-state index in [0.29, 0.717) is 0 Å². The van der Waals surface area contributed by atoms with Crippen molar-refractivity contribution in [3.63, 3.8) is 0 Å². The zero-order chi connectivity index (χ0) is 6.97. The number of nitrogens with zero attached hydrogens (tertiary/aromatic N) is 1. The summed E-state index contributed by atoms with van der Waals surface area (Å²) in [6.07, 6.45) is 1.91. The predicted octanol–water partition coefficient (Wildman–Crippen LogP) is -0.891. The van der Waals surface area contributed by atoms with Crippen molar-refractivity contribution < 1.29 is 18.9 Å². The van der Waals surface area contributed by atoms with E-state index in [-0.39, 0.29) is 18.9 Å². The van der Waals surface area contributed by atoms with Crippen molar-refractivity contribution in [2.45, 2.75) is 6.92 Å². The molecule has 0 aliphatic heterocycles. The van der Waals surface area contributed by atoms with Gasteiger partial charge in [0.1, 0.15) is 0 Å². The van der Waals surface area contributed by atoms with Crippen LogP contribution in [0, 0.1) is 6.92 Å². The molecular weight excluding hydrogens is 129 g/mol. The Bertz CT molecular complexity index is 351. The van der Waals surface area contributed by atoms with E-state index in [9.17, 15) is 0 Å². The molecule has 1 aromatic carbocycles. The molecule has 0 fully saturated rings. The van der Waals surface area contributed by atoms with Crippen LogP contribution in [0.25, 0.3) is 10.9 Å². The van der Waals surface area contributed by atoms with Crippen LogP contribution in [0.4, 0.5) is 0 Å². The summed E-state index contributed by atoms with van der Waals surface area (Å²) in [6.45, 7) is 2.08. The van der Waals surface area contributed by atoms with Crippen molar-refractivity contribution in [1.82, 2.24) is 4.98 Å². The fourth-order valence-electron chi connectivity index (χ4n) is 1.16. The first-order valence-electron chi connectivity index (χ1n) is 3.35. The summed E-state index contributed by atoms with van der Waals surface area (Å²) in [5.41, 5.74) is 2.36. The second kappa shape index (κ2) is 3.17. The largest absolute Gasteiger partial charge is 1.00 e. The monoisotopic (exact) mass is 137 g/mol. The number of rotatable bonds is 0. The summed E-state index contributed by atoms with van der Waals surface area (Å²) in [5, 5.41) is 1.27. The number of aromatic nitrogens is 1. The van der Waals surface area contributed by atoms with Gasteiger partial charge in [0.2, 0.25) is 0 Å². The maximum atomic E-state index is 4.22. The van der Waals surface area contributed by atoms with E-state index in [0.717, 1.165) is 5.52 Å². The van der Waals surface area contributed by atoms with E-state index in [1.807, 2.05) is 24.4 Å². The van der Waals surface area contributed by atoms with Crippen LogP contribution in [0.3, 0.4) is 0 Å². The number of benzene rings is 1. The summed E-state index contributed by atoms with van der Waals surface area (Å²) >= 11 is 0. The molecular formula is C9H8LiN. The SMILES string of the molecule is Cc1c[n-]c2ccccc12.[Li+]. The van der Waals surface area contributed by atoms with E-state index in [4.69, 9.17) is 0 Å². The van der Waals surface area contributed by atoms with Crippen molar-refractivity contribution in [3.05, 3.63) is 36.0 Å². The van der Waals surface area contributed by atoms with Crippen LogP contribution < -0.4 is 23.8 Å². The third-order valence-electron chi connectivity index (χ3n) is 1.73. The quantitative estimate of drug-likeness (QED) is 0.429. The maximum Gasteiger partial charge on any atom is 1.00 e. The van der Waals surface area contributed by atoms with Crippen LogP contribution in [0.15, 0.2) is 30.5 Å². The third-order valence-corrected chi connectivity index (χ3v) is 1.73. The van der Waals surface area contributed by atoms with Crippen molar-refractivity contribution in [2.24, 2.45) is 0 Å². The van der Waals surface area contributed by atoms with Crippen LogP contribution in [0.5, 0.6) is 0 Å². The Morgan fingerprint density at radius 3 is 2.64 bits per heavy atom. The van der Waals surface area contributed by atoms with E-state index >= 15 is 0 Å². The first-order valence-corrected chi connectivity index (χ1v) is 3.35. The molecule has 0 saturated heterocycles. The normalized spacial score (nSPS) is 9.55. The van der Waals surface area contributed by atoms with Crippen LogP contribution in [-0.2, 0) is 0 Å². The van der Waals surface area contributed by atoms with E-state index in [2.05, 4.69) is 18.0 Å².